The van der Waals surface area contributed by atoms with E-state index in [1.54, 1.807) is 31.2 Å². The van der Waals surface area contributed by atoms with E-state index in [1.165, 1.54) is 18.3 Å². The second kappa shape index (κ2) is 5.69. The first-order valence-corrected chi connectivity index (χ1v) is 6.90. The zero-order valence-electron chi connectivity index (χ0n) is 11.6. The zero-order valence-corrected chi connectivity index (χ0v) is 12.4. The van der Waals surface area contributed by atoms with E-state index in [0.717, 1.165) is 0 Å². The van der Waals surface area contributed by atoms with Crippen molar-refractivity contribution in [2.24, 2.45) is 0 Å². The summed E-state index contributed by atoms with van der Waals surface area (Å²) in [5.74, 6) is -0.340. The van der Waals surface area contributed by atoms with Gasteiger partial charge < -0.3 is 5.32 Å². The van der Waals surface area contributed by atoms with Crippen molar-refractivity contribution in [2.75, 3.05) is 5.32 Å². The number of carbonyl (C=O) groups excluding carboxylic acids is 1. The number of nitrogens with zero attached hydrogens (tertiary/aromatic N) is 2. The summed E-state index contributed by atoms with van der Waals surface area (Å²) in [6.07, 6.45) is 1.45. The summed E-state index contributed by atoms with van der Waals surface area (Å²) in [6.45, 7) is 1.75. The van der Waals surface area contributed by atoms with Crippen LogP contribution in [0.1, 0.15) is 16.1 Å². The third kappa shape index (κ3) is 2.89. The fourth-order valence-corrected chi connectivity index (χ4v) is 2.27. The molecule has 0 aliphatic carbocycles. The number of nitrogens with one attached hydrogen (secondary N) is 1. The Hall–Kier alpha value is -2.53. The van der Waals surface area contributed by atoms with Crippen LogP contribution in [0.25, 0.3) is 10.9 Å². The van der Waals surface area contributed by atoms with Crippen LogP contribution in [0, 0.1) is 12.7 Å². The maximum absolute atomic E-state index is 13.3. The lowest BCUT2D eigenvalue weighted by molar-refractivity contribution is 0.102. The first kappa shape index (κ1) is 14.4. The second-order valence-corrected chi connectivity index (χ2v) is 5.22. The number of aromatic nitrogens is 2. The predicted octanol–water partition coefficient (Wildman–Crippen LogP) is 3.98. The smallest absolute Gasteiger partial charge is 0.257 e. The van der Waals surface area contributed by atoms with Gasteiger partial charge in [0.2, 0.25) is 0 Å². The quantitative estimate of drug-likeness (QED) is 0.778. The Morgan fingerprint density at radius 3 is 2.77 bits per heavy atom. The van der Waals surface area contributed by atoms with Crippen LogP contribution in [0.4, 0.5) is 10.2 Å². The second-order valence-electron chi connectivity index (χ2n) is 4.79. The van der Waals surface area contributed by atoms with Gasteiger partial charge >= 0.3 is 0 Å². The number of carbonyl (C=O) groups is 1. The van der Waals surface area contributed by atoms with Crippen molar-refractivity contribution in [3.63, 3.8) is 0 Å². The molecule has 3 aromatic rings. The summed E-state index contributed by atoms with van der Waals surface area (Å²) in [5.41, 5.74) is 1.49. The van der Waals surface area contributed by atoms with Gasteiger partial charge in [-0.1, -0.05) is 11.6 Å². The van der Waals surface area contributed by atoms with Gasteiger partial charge in [-0.05, 0) is 37.3 Å². The number of hydrogen-bond donors (Lipinski definition) is 1. The minimum absolute atomic E-state index is 0.336. The molecule has 4 nitrogen and oxygen atoms in total. The largest absolute Gasteiger partial charge is 0.307 e. The summed E-state index contributed by atoms with van der Waals surface area (Å²) in [4.78, 5) is 20.7. The molecule has 0 fully saturated rings. The van der Waals surface area contributed by atoms with E-state index in [9.17, 15) is 9.18 Å². The first-order chi connectivity index (χ1) is 10.5. The molecule has 0 spiro atoms. The van der Waals surface area contributed by atoms with E-state index in [2.05, 4.69) is 15.3 Å². The molecular formula is C16H11ClFN3O. The third-order valence-corrected chi connectivity index (χ3v) is 3.34. The Morgan fingerprint density at radius 2 is 2.05 bits per heavy atom. The van der Waals surface area contributed by atoms with Crippen molar-refractivity contribution in [3.05, 3.63) is 64.7 Å². The summed E-state index contributed by atoms with van der Waals surface area (Å²) in [7, 11) is 0. The van der Waals surface area contributed by atoms with Crippen LogP contribution in [-0.2, 0) is 0 Å². The Labute approximate surface area is 131 Å². The van der Waals surface area contributed by atoms with Crippen LogP contribution in [0.2, 0.25) is 5.02 Å². The number of amides is 1. The van der Waals surface area contributed by atoms with E-state index >= 15 is 0 Å². The lowest BCUT2D eigenvalue weighted by Crippen LogP contribution is -2.14. The summed E-state index contributed by atoms with van der Waals surface area (Å²) < 4.78 is 13.3. The molecule has 0 aliphatic rings. The van der Waals surface area contributed by atoms with Gasteiger partial charge in [0.1, 0.15) is 11.6 Å². The number of halogens is 2. The maximum atomic E-state index is 13.3. The lowest BCUT2D eigenvalue weighted by atomic mass is 10.1. The highest BCUT2D eigenvalue weighted by atomic mass is 35.5. The first-order valence-electron chi connectivity index (χ1n) is 6.53. The van der Waals surface area contributed by atoms with Crippen molar-refractivity contribution < 1.29 is 9.18 Å². The number of anilines is 1. The molecule has 0 aliphatic heterocycles. The standard InChI is InChI=1S/C16H11ClFN3O/c1-9-6-13(12-4-3-11(18)7-14(12)20-9)16(22)21-15-5-2-10(17)8-19-15/h2-8H,1H3,(H,19,21,22). The molecule has 1 aromatic carbocycles. The van der Waals surface area contributed by atoms with Gasteiger partial charge in [-0.2, -0.15) is 0 Å². The number of pyridine rings is 2. The number of rotatable bonds is 2. The van der Waals surface area contributed by atoms with E-state index in [0.29, 0.717) is 33.0 Å². The fourth-order valence-electron chi connectivity index (χ4n) is 2.16. The van der Waals surface area contributed by atoms with Gasteiger partial charge in [0, 0.05) is 23.3 Å². The molecule has 1 amide bonds. The number of fused-ring (bicyclic) bond motifs is 1. The molecule has 22 heavy (non-hydrogen) atoms. The third-order valence-electron chi connectivity index (χ3n) is 3.11. The molecule has 0 radical (unpaired) electrons. The van der Waals surface area contributed by atoms with Crippen molar-refractivity contribution in [1.29, 1.82) is 0 Å². The van der Waals surface area contributed by atoms with Gasteiger partial charge in [-0.3, -0.25) is 9.78 Å². The Bertz CT molecular complexity index is 860. The molecule has 1 N–H and O–H groups in total. The molecule has 0 atom stereocenters. The van der Waals surface area contributed by atoms with Crippen molar-refractivity contribution in [2.45, 2.75) is 6.92 Å². The summed E-state index contributed by atoms with van der Waals surface area (Å²) in [5, 5.41) is 3.76. The average Bonchev–Trinajstić information content (AvgIpc) is 2.48. The van der Waals surface area contributed by atoms with E-state index in [-0.39, 0.29) is 5.91 Å². The van der Waals surface area contributed by atoms with Gasteiger partial charge in [-0.15, -0.1) is 0 Å². The van der Waals surface area contributed by atoms with E-state index in [1.807, 2.05) is 0 Å². The molecule has 2 aromatic heterocycles. The highest BCUT2D eigenvalue weighted by molar-refractivity contribution is 6.30. The fraction of sp³-hybridized carbons (Fsp3) is 0.0625. The van der Waals surface area contributed by atoms with Crippen molar-refractivity contribution in [3.8, 4) is 0 Å². The topological polar surface area (TPSA) is 54.9 Å². The minimum atomic E-state index is -0.392. The molecule has 6 heteroatoms. The molecule has 0 bridgehead atoms. The Morgan fingerprint density at radius 1 is 1.23 bits per heavy atom. The molecule has 0 saturated carbocycles. The highest BCUT2D eigenvalue weighted by Crippen LogP contribution is 2.21. The molecule has 2 heterocycles. The van der Waals surface area contributed by atoms with E-state index < -0.39 is 5.82 Å². The van der Waals surface area contributed by atoms with Crippen LogP contribution in [-0.4, -0.2) is 15.9 Å². The van der Waals surface area contributed by atoms with Crippen LogP contribution in [0.5, 0.6) is 0 Å². The van der Waals surface area contributed by atoms with Crippen LogP contribution in [0.3, 0.4) is 0 Å². The zero-order chi connectivity index (χ0) is 15.7. The molecule has 3 rings (SSSR count). The summed E-state index contributed by atoms with van der Waals surface area (Å²) >= 11 is 5.76. The van der Waals surface area contributed by atoms with Gasteiger partial charge in [-0.25, -0.2) is 9.37 Å². The molecule has 0 unspecified atom stereocenters. The Balaban J connectivity index is 2.01. The van der Waals surface area contributed by atoms with Crippen LogP contribution >= 0.6 is 11.6 Å². The SMILES string of the molecule is Cc1cc(C(=O)Nc2ccc(Cl)cn2)c2ccc(F)cc2n1. The highest BCUT2D eigenvalue weighted by Gasteiger charge is 2.13. The summed E-state index contributed by atoms with van der Waals surface area (Å²) in [6, 6.07) is 9.05. The molecular weight excluding hydrogens is 305 g/mol. The van der Waals surface area contributed by atoms with Gasteiger partial charge in [0.15, 0.2) is 0 Å². The normalized spacial score (nSPS) is 10.7. The average molecular weight is 316 g/mol. The molecule has 110 valence electrons. The monoisotopic (exact) mass is 315 g/mol. The van der Waals surface area contributed by atoms with Gasteiger partial charge in [0.05, 0.1) is 16.1 Å². The van der Waals surface area contributed by atoms with Crippen LogP contribution < -0.4 is 5.32 Å². The number of hydrogen-bond acceptors (Lipinski definition) is 3. The van der Waals surface area contributed by atoms with Crippen LogP contribution in [0.15, 0.2) is 42.6 Å². The van der Waals surface area contributed by atoms with Crippen molar-refractivity contribution in [1.82, 2.24) is 9.97 Å². The van der Waals surface area contributed by atoms with Crippen molar-refractivity contribution >= 4 is 34.2 Å². The van der Waals surface area contributed by atoms with Gasteiger partial charge in [0.25, 0.3) is 5.91 Å². The number of benzene rings is 1. The Kier molecular flexibility index (Phi) is 3.73. The predicted molar refractivity (Wildman–Crippen MR) is 83.6 cm³/mol. The van der Waals surface area contributed by atoms with E-state index in [4.69, 9.17) is 11.6 Å². The number of aryl methyl sites for hydroxylation is 1. The minimum Gasteiger partial charge on any atom is -0.307 e. The lowest BCUT2D eigenvalue weighted by Gasteiger charge is -2.08. The molecule has 0 saturated heterocycles. The maximum Gasteiger partial charge on any atom is 0.257 e.